The molecule has 1 aliphatic rings. The largest absolute Gasteiger partial charge is 0.371 e. The van der Waals surface area contributed by atoms with Gasteiger partial charge in [0, 0.05) is 30.0 Å². The van der Waals surface area contributed by atoms with E-state index in [2.05, 4.69) is 23.2 Å². The quantitative estimate of drug-likeness (QED) is 0.662. The second-order valence-corrected chi connectivity index (χ2v) is 7.43. The number of likely N-dealkylation sites (N-methyl/N-ethyl adjacent to an activating group) is 1. The number of carbonyl (C=O) groups excluding carboxylic acids is 2. The standard InChI is InChI=1S/C22H20N2O2S/c1-2-24-12-11-15-9-10-16(14-19(15)24)23-22(26)18-7-4-3-6-17(18)21(25)20-8-5-13-27-20/h3-10,13-14H,2,11-12H2,1H3,(H,23,26). The average Bonchev–Trinajstić information content (AvgIpc) is 3.37. The minimum atomic E-state index is -0.267. The van der Waals surface area contributed by atoms with Crippen molar-refractivity contribution in [2.24, 2.45) is 0 Å². The summed E-state index contributed by atoms with van der Waals surface area (Å²) in [7, 11) is 0. The first-order valence-electron chi connectivity index (χ1n) is 9.04. The van der Waals surface area contributed by atoms with Gasteiger partial charge in [-0.1, -0.05) is 30.3 Å². The summed E-state index contributed by atoms with van der Waals surface area (Å²) < 4.78 is 0. The molecule has 0 saturated heterocycles. The second kappa shape index (κ2) is 7.37. The van der Waals surface area contributed by atoms with Gasteiger partial charge in [0.2, 0.25) is 5.78 Å². The van der Waals surface area contributed by atoms with Gasteiger partial charge in [0.1, 0.15) is 0 Å². The molecule has 0 bridgehead atoms. The molecule has 1 aromatic heterocycles. The van der Waals surface area contributed by atoms with Crippen LogP contribution in [0.15, 0.2) is 60.0 Å². The van der Waals surface area contributed by atoms with Crippen molar-refractivity contribution in [2.75, 3.05) is 23.3 Å². The van der Waals surface area contributed by atoms with E-state index in [1.807, 2.05) is 23.6 Å². The Labute approximate surface area is 162 Å². The van der Waals surface area contributed by atoms with E-state index in [1.165, 1.54) is 22.6 Å². The number of nitrogens with zero attached hydrogens (tertiary/aromatic N) is 1. The molecule has 4 rings (SSSR count). The molecule has 0 atom stereocenters. The minimum Gasteiger partial charge on any atom is -0.371 e. The van der Waals surface area contributed by atoms with E-state index in [-0.39, 0.29) is 11.7 Å². The number of nitrogens with one attached hydrogen (secondary N) is 1. The summed E-state index contributed by atoms with van der Waals surface area (Å²) in [6, 6.07) is 16.6. The Bertz CT molecular complexity index is 995. The van der Waals surface area contributed by atoms with Gasteiger partial charge in [-0.2, -0.15) is 0 Å². The number of ketones is 1. The summed E-state index contributed by atoms with van der Waals surface area (Å²) in [5, 5.41) is 4.82. The van der Waals surface area contributed by atoms with E-state index in [1.54, 1.807) is 30.3 Å². The third-order valence-corrected chi connectivity index (χ3v) is 5.75. The van der Waals surface area contributed by atoms with Gasteiger partial charge < -0.3 is 10.2 Å². The third-order valence-electron chi connectivity index (χ3n) is 4.88. The second-order valence-electron chi connectivity index (χ2n) is 6.48. The number of hydrogen-bond donors (Lipinski definition) is 1. The van der Waals surface area contributed by atoms with Gasteiger partial charge in [-0.3, -0.25) is 9.59 Å². The molecule has 1 N–H and O–H groups in total. The summed E-state index contributed by atoms with van der Waals surface area (Å²) in [4.78, 5) is 28.6. The molecule has 0 aliphatic carbocycles. The molecule has 4 nitrogen and oxygen atoms in total. The Hall–Kier alpha value is -2.92. The molecule has 2 heterocycles. The molecule has 136 valence electrons. The molecular formula is C22H20N2O2S. The predicted octanol–water partition coefficient (Wildman–Crippen LogP) is 4.61. The van der Waals surface area contributed by atoms with Gasteiger partial charge >= 0.3 is 0 Å². The highest BCUT2D eigenvalue weighted by Crippen LogP contribution is 2.31. The van der Waals surface area contributed by atoms with Crippen molar-refractivity contribution in [2.45, 2.75) is 13.3 Å². The van der Waals surface area contributed by atoms with Crippen LogP contribution in [0, 0.1) is 0 Å². The lowest BCUT2D eigenvalue weighted by atomic mass is 10.0. The first kappa shape index (κ1) is 17.5. The molecular weight excluding hydrogens is 356 g/mol. The zero-order chi connectivity index (χ0) is 18.8. The van der Waals surface area contributed by atoms with E-state index in [9.17, 15) is 9.59 Å². The van der Waals surface area contributed by atoms with Crippen LogP contribution in [0.2, 0.25) is 0 Å². The number of amides is 1. The lowest BCUT2D eigenvalue weighted by Crippen LogP contribution is -2.20. The molecule has 0 unspecified atom stereocenters. The van der Waals surface area contributed by atoms with Crippen molar-refractivity contribution in [1.29, 1.82) is 0 Å². The van der Waals surface area contributed by atoms with Crippen LogP contribution in [0.1, 0.15) is 38.1 Å². The number of carbonyl (C=O) groups is 2. The molecule has 1 amide bonds. The van der Waals surface area contributed by atoms with Crippen LogP contribution >= 0.6 is 11.3 Å². The maximum absolute atomic E-state index is 12.9. The van der Waals surface area contributed by atoms with Gasteiger partial charge in [-0.25, -0.2) is 0 Å². The predicted molar refractivity (Wildman–Crippen MR) is 110 cm³/mol. The lowest BCUT2D eigenvalue weighted by molar-refractivity contribution is 0.0998. The summed E-state index contributed by atoms with van der Waals surface area (Å²) in [5.74, 6) is -0.390. The summed E-state index contributed by atoms with van der Waals surface area (Å²) in [5.41, 5.74) is 4.05. The molecule has 0 radical (unpaired) electrons. The fourth-order valence-corrected chi connectivity index (χ4v) is 4.15. The Morgan fingerprint density at radius 1 is 1.07 bits per heavy atom. The highest BCUT2D eigenvalue weighted by Gasteiger charge is 2.21. The van der Waals surface area contributed by atoms with Crippen molar-refractivity contribution < 1.29 is 9.59 Å². The molecule has 2 aromatic carbocycles. The molecule has 1 aliphatic heterocycles. The number of anilines is 2. The molecule has 0 spiro atoms. The first-order chi connectivity index (χ1) is 13.2. The van der Waals surface area contributed by atoms with Crippen molar-refractivity contribution >= 4 is 34.4 Å². The zero-order valence-electron chi connectivity index (χ0n) is 15.1. The molecule has 27 heavy (non-hydrogen) atoms. The smallest absolute Gasteiger partial charge is 0.256 e. The maximum atomic E-state index is 12.9. The number of thiophene rings is 1. The Kier molecular flexibility index (Phi) is 4.77. The Morgan fingerprint density at radius 3 is 2.63 bits per heavy atom. The van der Waals surface area contributed by atoms with Crippen molar-refractivity contribution in [3.05, 3.63) is 81.5 Å². The van der Waals surface area contributed by atoms with E-state index in [0.717, 1.165) is 25.2 Å². The molecule has 0 fully saturated rings. The van der Waals surface area contributed by atoms with Crippen molar-refractivity contribution in [3.63, 3.8) is 0 Å². The minimum absolute atomic E-state index is 0.123. The van der Waals surface area contributed by atoms with E-state index in [4.69, 9.17) is 0 Å². The number of hydrogen-bond acceptors (Lipinski definition) is 4. The Morgan fingerprint density at radius 2 is 1.89 bits per heavy atom. The monoisotopic (exact) mass is 376 g/mol. The SMILES string of the molecule is CCN1CCc2ccc(NC(=O)c3ccccc3C(=O)c3cccs3)cc21. The third kappa shape index (κ3) is 3.38. The topological polar surface area (TPSA) is 49.4 Å². The Balaban J connectivity index is 1.61. The summed E-state index contributed by atoms with van der Waals surface area (Å²) in [6.07, 6.45) is 1.04. The fourth-order valence-electron chi connectivity index (χ4n) is 3.47. The number of rotatable bonds is 5. The van der Waals surface area contributed by atoms with E-state index < -0.39 is 0 Å². The fraction of sp³-hybridized carbons (Fsp3) is 0.182. The van der Waals surface area contributed by atoms with Crippen LogP contribution in [0.3, 0.4) is 0 Å². The van der Waals surface area contributed by atoms with Crippen LogP contribution in [0.5, 0.6) is 0 Å². The maximum Gasteiger partial charge on any atom is 0.256 e. The summed E-state index contributed by atoms with van der Waals surface area (Å²) >= 11 is 1.38. The van der Waals surface area contributed by atoms with Crippen molar-refractivity contribution in [1.82, 2.24) is 0 Å². The number of benzene rings is 2. The van der Waals surface area contributed by atoms with Crippen LogP contribution in [0.4, 0.5) is 11.4 Å². The number of fused-ring (bicyclic) bond motifs is 1. The lowest BCUT2D eigenvalue weighted by Gasteiger charge is -2.17. The van der Waals surface area contributed by atoms with Gasteiger partial charge in [-0.05, 0) is 48.6 Å². The van der Waals surface area contributed by atoms with Crippen LogP contribution in [-0.2, 0) is 6.42 Å². The normalized spacial score (nSPS) is 12.7. The highest BCUT2D eigenvalue weighted by molar-refractivity contribution is 7.12. The van der Waals surface area contributed by atoms with Gasteiger partial charge in [0.15, 0.2) is 0 Å². The van der Waals surface area contributed by atoms with Gasteiger partial charge in [0.05, 0.1) is 10.4 Å². The van der Waals surface area contributed by atoms with Gasteiger partial charge in [0.25, 0.3) is 5.91 Å². The van der Waals surface area contributed by atoms with E-state index >= 15 is 0 Å². The molecule has 0 saturated carbocycles. The zero-order valence-corrected chi connectivity index (χ0v) is 15.9. The average molecular weight is 376 g/mol. The van der Waals surface area contributed by atoms with Crippen LogP contribution in [-0.4, -0.2) is 24.8 Å². The van der Waals surface area contributed by atoms with Crippen LogP contribution in [0.25, 0.3) is 0 Å². The van der Waals surface area contributed by atoms with Gasteiger partial charge in [-0.15, -0.1) is 11.3 Å². The van der Waals surface area contributed by atoms with Crippen LogP contribution < -0.4 is 10.2 Å². The van der Waals surface area contributed by atoms with E-state index in [0.29, 0.717) is 16.0 Å². The van der Waals surface area contributed by atoms with Crippen molar-refractivity contribution in [3.8, 4) is 0 Å². The highest BCUT2D eigenvalue weighted by atomic mass is 32.1. The summed E-state index contributed by atoms with van der Waals surface area (Å²) in [6.45, 7) is 4.09. The molecule has 3 aromatic rings. The first-order valence-corrected chi connectivity index (χ1v) is 9.92. The molecule has 5 heteroatoms.